The van der Waals surface area contributed by atoms with Gasteiger partial charge in [-0.05, 0) is 32.1 Å². The van der Waals surface area contributed by atoms with Crippen LogP contribution in [0.3, 0.4) is 0 Å². The maximum atomic E-state index is 14.9. The highest BCUT2D eigenvalue weighted by molar-refractivity contribution is 7.99. The van der Waals surface area contributed by atoms with Gasteiger partial charge in [0.15, 0.2) is 0 Å². The van der Waals surface area contributed by atoms with Crippen LogP contribution in [0.2, 0.25) is 5.02 Å². The van der Waals surface area contributed by atoms with Crippen molar-refractivity contribution >= 4 is 57.3 Å². The fourth-order valence-electron chi connectivity index (χ4n) is 5.91. The number of hydrogen-bond donors (Lipinski definition) is 0. The molecule has 4 aromatic rings. The molecule has 3 atom stereocenters. The molecule has 0 bridgehead atoms. The topological polar surface area (TPSA) is 93.5 Å². The number of alkyl halides is 3. The van der Waals surface area contributed by atoms with Gasteiger partial charge in [-0.15, -0.1) is 23.1 Å². The van der Waals surface area contributed by atoms with Crippen molar-refractivity contribution < 1.29 is 22.7 Å². The first-order valence-corrected chi connectivity index (χ1v) is 15.9. The number of thioether (sulfide) groups is 1. The van der Waals surface area contributed by atoms with Gasteiger partial charge in [0, 0.05) is 69.3 Å². The maximum Gasteiger partial charge on any atom is 0.417 e. The van der Waals surface area contributed by atoms with Crippen molar-refractivity contribution in [1.82, 2.24) is 24.4 Å². The molecule has 44 heavy (non-hydrogen) atoms. The molecule has 2 aliphatic rings. The number of aromatic nitrogens is 4. The highest BCUT2D eigenvalue weighted by Crippen LogP contribution is 2.50. The Bertz CT molecular complexity index is 1800. The van der Waals surface area contributed by atoms with Gasteiger partial charge < -0.3 is 14.5 Å². The van der Waals surface area contributed by atoms with Crippen LogP contribution in [0.5, 0.6) is 5.88 Å². The quantitative estimate of drug-likeness (QED) is 0.250. The van der Waals surface area contributed by atoms with Crippen molar-refractivity contribution in [2.24, 2.45) is 0 Å². The SMILES string of the molecule is C=CC(=O)N1[C@H](C)CN(c2nc(=O)n3c4c(c(-c5cc(Cl)cs5)c(C(F)(F)F)cc24)SC[C@@H](Oc2ccncn2)C3)C[C@@H]1C. The molecule has 15 heteroatoms. The smallest absolute Gasteiger partial charge is 0.417 e. The Morgan fingerprint density at radius 1 is 1.20 bits per heavy atom. The predicted molar refractivity (Wildman–Crippen MR) is 165 cm³/mol. The van der Waals surface area contributed by atoms with Crippen LogP contribution in [-0.2, 0) is 17.5 Å². The van der Waals surface area contributed by atoms with Gasteiger partial charge in [-0.1, -0.05) is 18.2 Å². The van der Waals surface area contributed by atoms with Crippen molar-refractivity contribution in [3.8, 4) is 16.3 Å². The van der Waals surface area contributed by atoms with Gasteiger partial charge in [-0.25, -0.2) is 14.8 Å². The zero-order valence-corrected chi connectivity index (χ0v) is 25.9. The molecule has 0 spiro atoms. The van der Waals surface area contributed by atoms with Crippen molar-refractivity contribution in [2.45, 2.75) is 49.7 Å². The first-order valence-electron chi connectivity index (χ1n) is 13.6. The average molecular weight is 663 g/mol. The van der Waals surface area contributed by atoms with Gasteiger partial charge in [0.2, 0.25) is 11.8 Å². The molecule has 1 aromatic carbocycles. The molecule has 0 unspecified atom stereocenters. The molecule has 0 N–H and O–H groups in total. The van der Waals surface area contributed by atoms with E-state index in [0.717, 1.165) is 17.4 Å². The lowest BCUT2D eigenvalue weighted by molar-refractivity contribution is -0.137. The number of carbonyl (C=O) groups is 1. The van der Waals surface area contributed by atoms with Crippen LogP contribution < -0.4 is 15.3 Å². The highest BCUT2D eigenvalue weighted by Gasteiger charge is 2.40. The Morgan fingerprint density at radius 2 is 1.95 bits per heavy atom. The molecular formula is C29H26ClF3N6O3S2. The minimum atomic E-state index is -4.73. The van der Waals surface area contributed by atoms with Crippen molar-refractivity contribution in [3.05, 3.63) is 69.8 Å². The summed E-state index contributed by atoms with van der Waals surface area (Å²) in [5.41, 5.74) is -1.16. The largest absolute Gasteiger partial charge is 0.471 e. The second-order valence-corrected chi connectivity index (χ2v) is 13.0. The van der Waals surface area contributed by atoms with Crippen molar-refractivity contribution in [2.75, 3.05) is 23.7 Å². The molecule has 3 aromatic heterocycles. The van der Waals surface area contributed by atoms with Crippen LogP contribution in [0.4, 0.5) is 19.0 Å². The summed E-state index contributed by atoms with van der Waals surface area (Å²) in [6.45, 7) is 7.84. The van der Waals surface area contributed by atoms with E-state index >= 15 is 0 Å². The molecule has 0 aliphatic carbocycles. The second-order valence-electron chi connectivity index (χ2n) is 10.6. The van der Waals surface area contributed by atoms with E-state index in [1.807, 2.05) is 13.8 Å². The second kappa shape index (κ2) is 11.7. The van der Waals surface area contributed by atoms with E-state index in [1.165, 1.54) is 41.0 Å². The Morgan fingerprint density at radius 3 is 2.57 bits per heavy atom. The zero-order valence-electron chi connectivity index (χ0n) is 23.5. The van der Waals surface area contributed by atoms with E-state index in [1.54, 1.807) is 21.2 Å². The number of anilines is 1. The van der Waals surface area contributed by atoms with Crippen LogP contribution in [0.25, 0.3) is 21.3 Å². The van der Waals surface area contributed by atoms with E-state index in [4.69, 9.17) is 16.3 Å². The Labute approximate surface area is 263 Å². The molecule has 1 amide bonds. The van der Waals surface area contributed by atoms with Gasteiger partial charge in [0.05, 0.1) is 22.6 Å². The minimum Gasteiger partial charge on any atom is -0.471 e. The van der Waals surface area contributed by atoms with Gasteiger partial charge in [0.1, 0.15) is 18.2 Å². The number of thiophene rings is 1. The number of amides is 1. The summed E-state index contributed by atoms with van der Waals surface area (Å²) in [6.07, 6.45) is -1.26. The Kier molecular flexibility index (Phi) is 8.09. The summed E-state index contributed by atoms with van der Waals surface area (Å²) in [5, 5.41) is 2.09. The third kappa shape index (κ3) is 5.54. The van der Waals surface area contributed by atoms with Crippen molar-refractivity contribution in [1.29, 1.82) is 0 Å². The van der Waals surface area contributed by atoms with Crippen LogP contribution in [0.15, 0.2) is 58.4 Å². The van der Waals surface area contributed by atoms with E-state index < -0.39 is 23.5 Å². The molecular weight excluding hydrogens is 637 g/mol. The van der Waals surface area contributed by atoms with E-state index in [0.29, 0.717) is 20.3 Å². The molecule has 0 saturated carbocycles. The molecule has 1 saturated heterocycles. The summed E-state index contributed by atoms with van der Waals surface area (Å²) >= 11 is 8.48. The molecule has 5 heterocycles. The molecule has 230 valence electrons. The number of nitrogens with zero attached hydrogens (tertiary/aromatic N) is 6. The predicted octanol–water partition coefficient (Wildman–Crippen LogP) is 5.75. The number of piperazine rings is 1. The summed E-state index contributed by atoms with van der Waals surface area (Å²) in [5.74, 6) is 0.417. The van der Waals surface area contributed by atoms with Gasteiger partial charge in [-0.2, -0.15) is 18.2 Å². The van der Waals surface area contributed by atoms with E-state index in [-0.39, 0.29) is 66.0 Å². The number of halogens is 4. The third-order valence-corrected chi connectivity index (χ3v) is 10.1. The standard InChI is InChI=1S/C29H26ClF3N6O3S2/c1-4-23(40)39-15(2)9-37(10-16(39)3)27-19-8-20(29(31,32)33)24(21-7-17(30)12-43-21)26-25(19)38(28(41)36-27)11-18(13-44-26)42-22-5-6-34-14-35-22/h4-8,12,14-16,18H,1,9-11,13H2,2-3H3/t15-,16+,18-/m0/s1. The Balaban J connectivity index is 1.58. The number of hydrogen-bond acceptors (Lipinski definition) is 9. The minimum absolute atomic E-state index is 0.0387. The van der Waals surface area contributed by atoms with Gasteiger partial charge in [0.25, 0.3) is 0 Å². The first-order chi connectivity index (χ1) is 21.0. The number of carbonyl (C=O) groups excluding carboxylic acids is 1. The lowest BCUT2D eigenvalue weighted by atomic mass is 10.0. The van der Waals surface area contributed by atoms with E-state index in [9.17, 15) is 22.8 Å². The van der Waals surface area contributed by atoms with Crippen molar-refractivity contribution in [3.63, 3.8) is 0 Å². The first kappa shape index (κ1) is 30.4. The average Bonchev–Trinajstić information content (AvgIpc) is 3.31. The molecule has 9 nitrogen and oxygen atoms in total. The number of ether oxygens (including phenoxy) is 1. The molecule has 0 radical (unpaired) electrons. The van der Waals surface area contributed by atoms with Crippen LogP contribution in [0, 0.1) is 0 Å². The van der Waals surface area contributed by atoms with Gasteiger partial charge >= 0.3 is 11.9 Å². The fraction of sp³-hybridized carbons (Fsp3) is 0.345. The monoisotopic (exact) mass is 662 g/mol. The normalized spacial score (nSPS) is 20.5. The van der Waals surface area contributed by atoms with Gasteiger partial charge in [-0.3, -0.25) is 9.36 Å². The number of benzene rings is 1. The van der Waals surface area contributed by atoms with E-state index in [2.05, 4.69) is 21.5 Å². The lowest BCUT2D eigenvalue weighted by Gasteiger charge is -2.44. The Hall–Kier alpha value is -3.62. The lowest BCUT2D eigenvalue weighted by Crippen LogP contribution is -2.58. The zero-order chi connectivity index (χ0) is 31.3. The van der Waals surface area contributed by atoms with Crippen LogP contribution >= 0.6 is 34.7 Å². The summed E-state index contributed by atoms with van der Waals surface area (Å²) in [6, 6.07) is 3.54. The molecule has 6 rings (SSSR count). The molecule has 2 aliphatic heterocycles. The number of rotatable bonds is 5. The summed E-state index contributed by atoms with van der Waals surface area (Å²) in [7, 11) is 0. The maximum absolute atomic E-state index is 14.9. The summed E-state index contributed by atoms with van der Waals surface area (Å²) < 4.78 is 52.1. The van der Waals surface area contributed by atoms with Crippen LogP contribution in [-0.4, -0.2) is 67.4 Å². The third-order valence-electron chi connectivity index (χ3n) is 7.61. The fourth-order valence-corrected chi connectivity index (χ4v) is 8.37. The van der Waals surface area contributed by atoms with Crippen LogP contribution in [0.1, 0.15) is 19.4 Å². The molecule has 1 fully saturated rings. The highest BCUT2D eigenvalue weighted by atomic mass is 35.5. The summed E-state index contributed by atoms with van der Waals surface area (Å²) in [4.78, 5) is 42.8.